The van der Waals surface area contributed by atoms with Gasteiger partial charge in [0.25, 0.3) is 5.91 Å². The number of carbonyl (C=O) groups excluding carboxylic acids is 1. The van der Waals surface area contributed by atoms with Crippen LogP contribution in [-0.4, -0.2) is 10.9 Å². The summed E-state index contributed by atoms with van der Waals surface area (Å²) in [5, 5.41) is 3.75. The Morgan fingerprint density at radius 2 is 1.62 bits per heavy atom. The Balaban J connectivity index is 1.91. The summed E-state index contributed by atoms with van der Waals surface area (Å²) in [6, 6.07) is 13.7. The van der Waals surface area contributed by atoms with Crippen molar-refractivity contribution in [2.45, 2.75) is 26.9 Å². The maximum absolute atomic E-state index is 13.5. The van der Waals surface area contributed by atoms with E-state index >= 15 is 0 Å². The predicted molar refractivity (Wildman–Crippen MR) is 131 cm³/mol. The van der Waals surface area contributed by atoms with E-state index in [1.54, 1.807) is 31.2 Å². The number of pyridine rings is 1. The van der Waals surface area contributed by atoms with Crippen molar-refractivity contribution in [2.75, 3.05) is 5.32 Å². The van der Waals surface area contributed by atoms with Crippen LogP contribution >= 0.6 is 23.2 Å². The van der Waals surface area contributed by atoms with E-state index in [1.165, 1.54) is 0 Å². The van der Waals surface area contributed by atoms with Gasteiger partial charge in [0.05, 0.1) is 33.0 Å². The molecule has 0 unspecified atom stereocenters. The number of carbonyl (C=O) groups is 1. The zero-order chi connectivity index (χ0) is 24.8. The molecule has 8 heteroatoms. The van der Waals surface area contributed by atoms with Gasteiger partial charge in [-0.25, -0.2) is 4.98 Å². The van der Waals surface area contributed by atoms with E-state index in [0.717, 1.165) is 34.9 Å². The number of alkyl halides is 3. The van der Waals surface area contributed by atoms with Crippen molar-refractivity contribution in [1.82, 2.24) is 4.98 Å². The summed E-state index contributed by atoms with van der Waals surface area (Å²) >= 11 is 12.2. The molecule has 1 N–H and O–H groups in total. The number of hydrogen-bond donors (Lipinski definition) is 1. The molecule has 0 spiro atoms. The first kappa shape index (κ1) is 24.0. The number of aryl methyl sites for hydroxylation is 2. The number of rotatable bonds is 3. The molecule has 174 valence electrons. The smallest absolute Gasteiger partial charge is 0.321 e. The Hall–Kier alpha value is -3.09. The van der Waals surface area contributed by atoms with Gasteiger partial charge in [0.1, 0.15) is 0 Å². The van der Waals surface area contributed by atoms with Gasteiger partial charge < -0.3 is 5.32 Å². The van der Waals surface area contributed by atoms with E-state index in [4.69, 9.17) is 28.2 Å². The SMILES string of the molecule is Cc1cc(C)c2nc(-c3ccc(Cl)cc3)c(C)c(C(=O)Nc3cc(C(F)(F)F)ccc3Cl)c2c1. The predicted octanol–water partition coefficient (Wildman–Crippen LogP) is 8.40. The Labute approximate surface area is 204 Å². The number of nitrogens with zero attached hydrogens (tertiary/aromatic N) is 1. The second-order valence-corrected chi connectivity index (χ2v) is 8.94. The first-order chi connectivity index (χ1) is 16.0. The highest BCUT2D eigenvalue weighted by Gasteiger charge is 2.31. The second kappa shape index (κ2) is 8.93. The van der Waals surface area contributed by atoms with Crippen molar-refractivity contribution in [3.63, 3.8) is 0 Å². The van der Waals surface area contributed by atoms with Gasteiger partial charge in [0.15, 0.2) is 0 Å². The van der Waals surface area contributed by atoms with Crippen molar-refractivity contribution >= 4 is 45.7 Å². The topological polar surface area (TPSA) is 42.0 Å². The normalized spacial score (nSPS) is 11.6. The fourth-order valence-corrected chi connectivity index (χ4v) is 4.27. The molecule has 0 saturated heterocycles. The summed E-state index contributed by atoms with van der Waals surface area (Å²) in [5.41, 5.74) is 3.64. The van der Waals surface area contributed by atoms with Crippen LogP contribution in [0.3, 0.4) is 0 Å². The van der Waals surface area contributed by atoms with Crippen LogP contribution in [-0.2, 0) is 6.18 Å². The van der Waals surface area contributed by atoms with Gasteiger partial charge in [-0.15, -0.1) is 0 Å². The zero-order valence-electron chi connectivity index (χ0n) is 18.4. The Kier molecular flexibility index (Phi) is 6.32. The van der Waals surface area contributed by atoms with Crippen molar-refractivity contribution in [3.05, 3.63) is 92.5 Å². The molecule has 0 atom stereocenters. The van der Waals surface area contributed by atoms with Crippen LogP contribution in [0.15, 0.2) is 54.6 Å². The first-order valence-corrected chi connectivity index (χ1v) is 11.1. The number of fused-ring (bicyclic) bond motifs is 1. The second-order valence-electron chi connectivity index (χ2n) is 8.09. The average molecular weight is 503 g/mol. The van der Waals surface area contributed by atoms with E-state index in [1.807, 2.05) is 26.0 Å². The summed E-state index contributed by atoms with van der Waals surface area (Å²) in [7, 11) is 0. The van der Waals surface area contributed by atoms with Gasteiger partial charge in [-0.3, -0.25) is 4.79 Å². The monoisotopic (exact) mass is 502 g/mol. The third kappa shape index (κ3) is 4.61. The highest BCUT2D eigenvalue weighted by molar-refractivity contribution is 6.34. The molecule has 1 aromatic heterocycles. The number of anilines is 1. The lowest BCUT2D eigenvalue weighted by Gasteiger charge is -2.17. The lowest BCUT2D eigenvalue weighted by atomic mass is 9.94. The van der Waals surface area contributed by atoms with Gasteiger partial charge in [-0.2, -0.15) is 13.2 Å². The van der Waals surface area contributed by atoms with Crippen LogP contribution in [0.25, 0.3) is 22.2 Å². The summed E-state index contributed by atoms with van der Waals surface area (Å²) in [6.45, 7) is 5.56. The van der Waals surface area contributed by atoms with E-state index in [9.17, 15) is 18.0 Å². The molecule has 0 bridgehead atoms. The molecular weight excluding hydrogens is 484 g/mol. The van der Waals surface area contributed by atoms with Crippen LogP contribution < -0.4 is 5.32 Å². The molecule has 4 rings (SSSR count). The van der Waals surface area contributed by atoms with Gasteiger partial charge in [-0.05, 0) is 68.3 Å². The zero-order valence-corrected chi connectivity index (χ0v) is 20.0. The van der Waals surface area contributed by atoms with Gasteiger partial charge in [-0.1, -0.05) is 47.0 Å². The number of halogens is 5. The van der Waals surface area contributed by atoms with E-state index in [2.05, 4.69) is 5.32 Å². The van der Waals surface area contributed by atoms with Gasteiger partial charge >= 0.3 is 6.18 Å². The summed E-state index contributed by atoms with van der Waals surface area (Å²) < 4.78 is 39.7. The molecule has 0 aliphatic rings. The van der Waals surface area contributed by atoms with Crippen LogP contribution in [0.2, 0.25) is 10.0 Å². The number of aromatic nitrogens is 1. The Morgan fingerprint density at radius 1 is 0.941 bits per heavy atom. The van der Waals surface area contributed by atoms with Crippen molar-refractivity contribution in [3.8, 4) is 11.3 Å². The third-order valence-electron chi connectivity index (χ3n) is 5.55. The summed E-state index contributed by atoms with van der Waals surface area (Å²) in [5.74, 6) is -0.577. The minimum Gasteiger partial charge on any atom is -0.321 e. The lowest BCUT2D eigenvalue weighted by Crippen LogP contribution is -2.16. The number of benzene rings is 3. The molecule has 0 aliphatic heterocycles. The largest absolute Gasteiger partial charge is 0.416 e. The van der Waals surface area contributed by atoms with E-state index in [0.29, 0.717) is 32.7 Å². The Bertz CT molecular complexity index is 1430. The van der Waals surface area contributed by atoms with Crippen molar-refractivity contribution in [2.24, 2.45) is 0 Å². The Morgan fingerprint density at radius 3 is 2.26 bits per heavy atom. The summed E-state index contributed by atoms with van der Waals surface area (Å²) in [4.78, 5) is 18.4. The standard InChI is InChI=1S/C26H19Cl2F3N2O/c1-13-10-14(2)23-19(11-13)22(15(3)24(33-23)16-4-7-18(27)8-5-16)25(34)32-21-12-17(26(29,30)31)6-9-20(21)28/h4-12H,1-3H3,(H,32,34). The molecule has 4 aromatic rings. The highest BCUT2D eigenvalue weighted by Crippen LogP contribution is 2.36. The maximum Gasteiger partial charge on any atom is 0.416 e. The van der Waals surface area contributed by atoms with Gasteiger partial charge in [0.2, 0.25) is 0 Å². The number of nitrogens with one attached hydrogen (secondary N) is 1. The van der Waals surface area contributed by atoms with E-state index < -0.39 is 17.6 Å². The molecule has 3 aromatic carbocycles. The minimum absolute atomic E-state index is 0.00245. The maximum atomic E-state index is 13.5. The molecular formula is C26H19Cl2F3N2O. The van der Waals surface area contributed by atoms with Crippen molar-refractivity contribution < 1.29 is 18.0 Å². The van der Waals surface area contributed by atoms with Crippen LogP contribution in [0.5, 0.6) is 0 Å². The molecule has 0 aliphatic carbocycles. The van der Waals surface area contributed by atoms with Gasteiger partial charge in [0, 0.05) is 16.0 Å². The molecule has 3 nitrogen and oxygen atoms in total. The molecule has 0 radical (unpaired) electrons. The van der Waals surface area contributed by atoms with Crippen LogP contribution in [0.4, 0.5) is 18.9 Å². The minimum atomic E-state index is -4.57. The molecule has 1 heterocycles. The average Bonchev–Trinajstić information content (AvgIpc) is 2.74. The molecule has 0 saturated carbocycles. The highest BCUT2D eigenvalue weighted by atomic mass is 35.5. The van der Waals surface area contributed by atoms with Crippen LogP contribution in [0, 0.1) is 20.8 Å². The number of hydrogen-bond acceptors (Lipinski definition) is 2. The molecule has 0 fully saturated rings. The molecule has 1 amide bonds. The number of amides is 1. The molecule has 34 heavy (non-hydrogen) atoms. The van der Waals surface area contributed by atoms with E-state index in [-0.39, 0.29) is 10.7 Å². The summed E-state index contributed by atoms with van der Waals surface area (Å²) in [6.07, 6.45) is -4.57. The lowest BCUT2D eigenvalue weighted by molar-refractivity contribution is -0.137. The first-order valence-electron chi connectivity index (χ1n) is 10.3. The fraction of sp³-hybridized carbons (Fsp3) is 0.154. The van der Waals surface area contributed by atoms with Crippen LogP contribution in [0.1, 0.15) is 32.6 Å². The third-order valence-corrected chi connectivity index (χ3v) is 6.14. The van der Waals surface area contributed by atoms with Crippen molar-refractivity contribution in [1.29, 1.82) is 0 Å². The quantitative estimate of drug-likeness (QED) is 0.305. The fourth-order valence-electron chi connectivity index (χ4n) is 3.98.